The Morgan fingerprint density at radius 1 is 1.33 bits per heavy atom. The van der Waals surface area contributed by atoms with Gasteiger partial charge in [-0.05, 0) is 24.1 Å². The van der Waals surface area contributed by atoms with E-state index in [2.05, 4.69) is 17.4 Å². The molecule has 18 heavy (non-hydrogen) atoms. The van der Waals surface area contributed by atoms with Crippen molar-refractivity contribution in [3.8, 4) is 0 Å². The molecule has 1 amide bonds. The lowest BCUT2D eigenvalue weighted by Crippen LogP contribution is -2.30. The lowest BCUT2D eigenvalue weighted by molar-refractivity contribution is 0.0934. The normalized spacial score (nSPS) is 18.1. The van der Waals surface area contributed by atoms with Crippen molar-refractivity contribution in [2.75, 3.05) is 5.75 Å². The van der Waals surface area contributed by atoms with Crippen LogP contribution in [-0.4, -0.2) is 11.7 Å². The van der Waals surface area contributed by atoms with Crippen molar-refractivity contribution in [1.82, 2.24) is 5.32 Å². The third-order valence-electron chi connectivity index (χ3n) is 3.05. The molecule has 1 unspecified atom stereocenters. The zero-order valence-electron chi connectivity index (χ0n) is 9.76. The van der Waals surface area contributed by atoms with Gasteiger partial charge in [-0.25, -0.2) is 0 Å². The van der Waals surface area contributed by atoms with Crippen LogP contribution in [0.1, 0.15) is 28.4 Å². The molecule has 1 aliphatic rings. The molecule has 0 bridgehead atoms. The highest BCUT2D eigenvalue weighted by atomic mass is 32.2. The van der Waals surface area contributed by atoms with Gasteiger partial charge in [0.05, 0.1) is 17.9 Å². The van der Waals surface area contributed by atoms with Gasteiger partial charge in [0.2, 0.25) is 0 Å². The maximum atomic E-state index is 12.0. The minimum Gasteiger partial charge on any atom is -0.472 e. The smallest absolute Gasteiger partial charge is 0.255 e. The van der Waals surface area contributed by atoms with E-state index in [1.165, 1.54) is 23.0 Å². The first-order chi connectivity index (χ1) is 8.84. The predicted octanol–water partition coefficient (Wildman–Crippen LogP) is 3.25. The minimum absolute atomic E-state index is 0.0737. The van der Waals surface area contributed by atoms with Crippen molar-refractivity contribution in [2.24, 2.45) is 0 Å². The lowest BCUT2D eigenvalue weighted by atomic mass is 10.0. The van der Waals surface area contributed by atoms with E-state index < -0.39 is 0 Å². The summed E-state index contributed by atoms with van der Waals surface area (Å²) < 4.78 is 4.93. The molecule has 1 aromatic carbocycles. The van der Waals surface area contributed by atoms with Crippen LogP contribution in [0.25, 0.3) is 0 Å². The van der Waals surface area contributed by atoms with Crippen molar-refractivity contribution >= 4 is 17.7 Å². The first kappa shape index (κ1) is 11.4. The maximum absolute atomic E-state index is 12.0. The molecule has 0 saturated heterocycles. The molecule has 1 N–H and O–H groups in total. The Labute approximate surface area is 110 Å². The molecule has 1 aliphatic heterocycles. The molecule has 0 spiro atoms. The standard InChI is InChI=1S/C14H13NO2S/c16-14(10-5-7-17-9-10)15-12-6-8-18-13-4-2-1-3-11(12)13/h1-5,7,9,12H,6,8H2,(H,15,16). The van der Waals surface area contributed by atoms with E-state index in [4.69, 9.17) is 4.42 Å². The monoisotopic (exact) mass is 259 g/mol. The summed E-state index contributed by atoms with van der Waals surface area (Å²) in [4.78, 5) is 13.3. The largest absolute Gasteiger partial charge is 0.472 e. The van der Waals surface area contributed by atoms with Crippen molar-refractivity contribution in [2.45, 2.75) is 17.4 Å². The SMILES string of the molecule is O=C(NC1CCSc2ccccc21)c1ccoc1. The van der Waals surface area contributed by atoms with Gasteiger partial charge in [-0.15, -0.1) is 11.8 Å². The van der Waals surface area contributed by atoms with Crippen molar-refractivity contribution in [3.63, 3.8) is 0 Å². The highest BCUT2D eigenvalue weighted by molar-refractivity contribution is 7.99. The van der Waals surface area contributed by atoms with Gasteiger partial charge in [-0.1, -0.05) is 18.2 Å². The Kier molecular flexibility index (Phi) is 3.11. The molecule has 2 aromatic rings. The number of thioether (sulfide) groups is 1. The van der Waals surface area contributed by atoms with Crippen LogP contribution in [-0.2, 0) is 0 Å². The molecule has 92 valence electrons. The van der Waals surface area contributed by atoms with Gasteiger partial charge in [0.25, 0.3) is 5.91 Å². The number of amides is 1. The second-order valence-electron chi connectivity index (χ2n) is 4.21. The molecule has 3 rings (SSSR count). The van der Waals surface area contributed by atoms with E-state index in [1.54, 1.807) is 6.07 Å². The van der Waals surface area contributed by atoms with Gasteiger partial charge in [0, 0.05) is 10.6 Å². The van der Waals surface area contributed by atoms with Crippen LogP contribution in [0.2, 0.25) is 0 Å². The zero-order chi connectivity index (χ0) is 12.4. The number of benzene rings is 1. The molecular formula is C14H13NO2S. The van der Waals surface area contributed by atoms with Gasteiger partial charge < -0.3 is 9.73 Å². The molecule has 0 saturated carbocycles. The summed E-state index contributed by atoms with van der Waals surface area (Å²) in [5, 5.41) is 3.07. The van der Waals surface area contributed by atoms with Crippen LogP contribution in [0.5, 0.6) is 0 Å². The fraction of sp³-hybridized carbons (Fsp3) is 0.214. The van der Waals surface area contributed by atoms with Crippen LogP contribution in [0, 0.1) is 0 Å². The fourth-order valence-corrected chi connectivity index (χ4v) is 3.25. The van der Waals surface area contributed by atoms with Crippen LogP contribution in [0.4, 0.5) is 0 Å². The van der Waals surface area contributed by atoms with Crippen molar-refractivity contribution < 1.29 is 9.21 Å². The first-order valence-corrected chi connectivity index (χ1v) is 6.88. The number of carbonyl (C=O) groups excluding carboxylic acids is 1. The Bertz CT molecular complexity index is 551. The van der Waals surface area contributed by atoms with E-state index in [-0.39, 0.29) is 11.9 Å². The summed E-state index contributed by atoms with van der Waals surface area (Å²) in [5.74, 6) is 0.961. The molecule has 3 nitrogen and oxygen atoms in total. The van der Waals surface area contributed by atoms with E-state index in [0.717, 1.165) is 12.2 Å². The Balaban J connectivity index is 1.80. The summed E-state index contributed by atoms with van der Waals surface area (Å²) in [5.41, 5.74) is 1.79. The van der Waals surface area contributed by atoms with Crippen LogP contribution in [0.3, 0.4) is 0 Å². The first-order valence-electron chi connectivity index (χ1n) is 5.89. The van der Waals surface area contributed by atoms with Gasteiger partial charge >= 0.3 is 0 Å². The zero-order valence-corrected chi connectivity index (χ0v) is 10.6. The number of hydrogen-bond acceptors (Lipinski definition) is 3. The minimum atomic E-state index is -0.0737. The van der Waals surface area contributed by atoms with Gasteiger partial charge in [0.15, 0.2) is 0 Å². The average molecular weight is 259 g/mol. The van der Waals surface area contributed by atoms with Crippen LogP contribution >= 0.6 is 11.8 Å². The topological polar surface area (TPSA) is 42.2 Å². The van der Waals surface area contributed by atoms with E-state index in [9.17, 15) is 4.79 Å². The van der Waals surface area contributed by atoms with Gasteiger partial charge in [0.1, 0.15) is 6.26 Å². The molecule has 0 aliphatic carbocycles. The second-order valence-corrected chi connectivity index (χ2v) is 5.35. The average Bonchev–Trinajstić information content (AvgIpc) is 2.93. The number of carbonyl (C=O) groups is 1. The quantitative estimate of drug-likeness (QED) is 0.900. The molecular weight excluding hydrogens is 246 g/mol. The second kappa shape index (κ2) is 4.90. The van der Waals surface area contributed by atoms with Crippen LogP contribution in [0.15, 0.2) is 52.2 Å². The molecule has 4 heteroatoms. The molecule has 2 heterocycles. The third kappa shape index (κ3) is 2.16. The molecule has 1 atom stereocenters. The van der Waals surface area contributed by atoms with E-state index in [0.29, 0.717) is 5.56 Å². The summed E-state index contributed by atoms with van der Waals surface area (Å²) in [6.07, 6.45) is 3.95. The third-order valence-corrected chi connectivity index (χ3v) is 4.17. The summed E-state index contributed by atoms with van der Waals surface area (Å²) in [6.45, 7) is 0. The number of nitrogens with one attached hydrogen (secondary N) is 1. The highest BCUT2D eigenvalue weighted by Gasteiger charge is 2.22. The van der Waals surface area contributed by atoms with Crippen molar-refractivity contribution in [3.05, 3.63) is 54.0 Å². The number of hydrogen-bond donors (Lipinski definition) is 1. The van der Waals surface area contributed by atoms with E-state index in [1.807, 2.05) is 23.9 Å². The molecule has 0 radical (unpaired) electrons. The molecule has 1 aromatic heterocycles. The lowest BCUT2D eigenvalue weighted by Gasteiger charge is -2.25. The van der Waals surface area contributed by atoms with E-state index >= 15 is 0 Å². The summed E-state index contributed by atoms with van der Waals surface area (Å²) in [7, 11) is 0. The number of fused-ring (bicyclic) bond motifs is 1. The Morgan fingerprint density at radius 2 is 2.22 bits per heavy atom. The summed E-state index contributed by atoms with van der Waals surface area (Å²) in [6, 6.07) is 10.0. The maximum Gasteiger partial charge on any atom is 0.255 e. The van der Waals surface area contributed by atoms with Gasteiger partial charge in [-0.2, -0.15) is 0 Å². The summed E-state index contributed by atoms with van der Waals surface area (Å²) >= 11 is 1.85. The van der Waals surface area contributed by atoms with Crippen molar-refractivity contribution in [1.29, 1.82) is 0 Å². The van der Waals surface area contributed by atoms with Crippen LogP contribution < -0.4 is 5.32 Å². The Hall–Kier alpha value is -1.68. The van der Waals surface area contributed by atoms with Gasteiger partial charge in [-0.3, -0.25) is 4.79 Å². The fourth-order valence-electron chi connectivity index (χ4n) is 2.13. The molecule has 0 fully saturated rings. The predicted molar refractivity (Wildman–Crippen MR) is 70.7 cm³/mol. The number of rotatable bonds is 2. The highest BCUT2D eigenvalue weighted by Crippen LogP contribution is 2.35. The Morgan fingerprint density at radius 3 is 3.06 bits per heavy atom. The number of furan rings is 1.